The van der Waals surface area contributed by atoms with Crippen molar-refractivity contribution in [2.75, 3.05) is 6.61 Å². The van der Waals surface area contributed by atoms with Crippen LogP contribution in [0.5, 0.6) is 0 Å². The highest BCUT2D eigenvalue weighted by molar-refractivity contribution is 6.33. The summed E-state index contributed by atoms with van der Waals surface area (Å²) in [6.45, 7) is -0.00231. The second kappa shape index (κ2) is 3.31. The van der Waals surface area contributed by atoms with Crippen LogP contribution in [-0.4, -0.2) is 42.6 Å². The highest BCUT2D eigenvalue weighted by Crippen LogP contribution is 2.19. The number of aliphatic hydroxyl groups excluding tert-OH is 1. The fourth-order valence-corrected chi connectivity index (χ4v) is 0.942. The number of hydrogen-bond acceptors (Lipinski definition) is 5. The zero-order chi connectivity index (χ0) is 7.56. The molecule has 4 N–H and O–H groups in total. The van der Waals surface area contributed by atoms with E-state index in [0.717, 1.165) is 0 Å². The first-order valence-corrected chi connectivity index (χ1v) is 3.09. The van der Waals surface area contributed by atoms with Gasteiger partial charge in [-0.3, -0.25) is 5.26 Å². The average Bonchev–Trinajstić information content (AvgIpc) is 1.96. The van der Waals surface area contributed by atoms with E-state index in [-0.39, 0.29) is 12.6 Å². The smallest absolute Gasteiger partial charge is 0.235 e. The molecule has 1 aliphatic rings. The average molecular weight is 147 g/mol. The molecule has 0 aliphatic carbocycles. The molecule has 5 nitrogen and oxygen atoms in total. The fourth-order valence-electron chi connectivity index (χ4n) is 0.942. The molecule has 1 aliphatic heterocycles. The Morgan fingerprint density at radius 3 is 2.80 bits per heavy atom. The summed E-state index contributed by atoms with van der Waals surface area (Å²) in [6.07, 6.45) is -1.02. The molecule has 0 radical (unpaired) electrons. The maximum Gasteiger partial charge on any atom is 0.235 e. The molecule has 0 amide bonds. The first kappa shape index (κ1) is 7.97. The molecule has 1 saturated heterocycles. The van der Waals surface area contributed by atoms with Crippen LogP contribution in [0.4, 0.5) is 0 Å². The molecule has 0 spiro atoms. The molecule has 0 aromatic rings. The van der Waals surface area contributed by atoms with Crippen molar-refractivity contribution in [1.82, 2.24) is 0 Å². The molecule has 1 heterocycles. The maximum absolute atomic E-state index is 9.10. The third-order valence-corrected chi connectivity index (χ3v) is 1.58. The molecule has 58 valence electrons. The first-order chi connectivity index (χ1) is 4.79. The molecule has 1 rings (SSSR count). The molecule has 0 bridgehead atoms. The van der Waals surface area contributed by atoms with Gasteiger partial charge in [0.15, 0.2) is 0 Å². The lowest BCUT2D eigenvalue weighted by Gasteiger charge is -2.39. The predicted octanol–water partition coefficient (Wildman–Crippen LogP) is -2.13. The Morgan fingerprint density at radius 2 is 2.40 bits per heavy atom. The number of ether oxygens (including phenoxy) is 1. The molecule has 0 saturated carbocycles. The van der Waals surface area contributed by atoms with E-state index in [9.17, 15) is 0 Å². The SMILES string of the molecule is NBC1OC(COO)[C@@H]1O. The topological polar surface area (TPSA) is 84.9 Å². The lowest BCUT2D eigenvalue weighted by atomic mass is 9.77. The van der Waals surface area contributed by atoms with Crippen molar-refractivity contribution in [2.45, 2.75) is 18.2 Å². The summed E-state index contributed by atoms with van der Waals surface area (Å²) in [5.41, 5.74) is 5.19. The van der Waals surface area contributed by atoms with Gasteiger partial charge in [-0.05, 0) is 0 Å². The Bertz CT molecular complexity index is 113. The van der Waals surface area contributed by atoms with Crippen LogP contribution in [0.25, 0.3) is 0 Å². The summed E-state index contributed by atoms with van der Waals surface area (Å²) in [5, 5.41) is 17.1. The lowest BCUT2D eigenvalue weighted by molar-refractivity contribution is -0.297. The molecule has 3 atom stereocenters. The molecule has 6 heteroatoms. The van der Waals surface area contributed by atoms with Crippen LogP contribution >= 0.6 is 0 Å². The molecular formula is C4H10BNO4. The normalized spacial score (nSPS) is 38.9. The van der Waals surface area contributed by atoms with Crippen molar-refractivity contribution in [3.05, 3.63) is 0 Å². The van der Waals surface area contributed by atoms with Gasteiger partial charge in [-0.2, -0.15) is 0 Å². The standard InChI is InChI=1S/C4H10BNO4/c6-5-4-3(7)2(10-4)1-9-8/h2-5,7-8H,1,6H2/t2?,3-,4?/m0/s1. The van der Waals surface area contributed by atoms with E-state index in [4.69, 9.17) is 20.7 Å². The monoisotopic (exact) mass is 147 g/mol. The summed E-state index contributed by atoms with van der Waals surface area (Å²) < 4.78 is 4.98. The maximum atomic E-state index is 9.10. The van der Waals surface area contributed by atoms with Crippen LogP contribution in [-0.2, 0) is 9.62 Å². The van der Waals surface area contributed by atoms with E-state index < -0.39 is 12.2 Å². The Morgan fingerprint density at radius 1 is 1.70 bits per heavy atom. The Balaban J connectivity index is 2.18. The van der Waals surface area contributed by atoms with Crippen LogP contribution in [0.15, 0.2) is 0 Å². The van der Waals surface area contributed by atoms with Gasteiger partial charge in [0.25, 0.3) is 0 Å². The van der Waals surface area contributed by atoms with Crippen LogP contribution in [0.3, 0.4) is 0 Å². The Hall–Kier alpha value is -0.135. The molecule has 0 aromatic heterocycles. The van der Waals surface area contributed by atoms with Gasteiger partial charge in [0.2, 0.25) is 7.41 Å². The number of nitrogens with two attached hydrogens (primary N) is 1. The predicted molar refractivity (Wildman–Crippen MR) is 34.6 cm³/mol. The van der Waals surface area contributed by atoms with E-state index >= 15 is 0 Å². The number of rotatable bonds is 3. The van der Waals surface area contributed by atoms with Crippen LogP contribution in [0, 0.1) is 0 Å². The van der Waals surface area contributed by atoms with Gasteiger partial charge in [0, 0.05) is 0 Å². The second-order valence-corrected chi connectivity index (χ2v) is 2.24. The van der Waals surface area contributed by atoms with Crippen LogP contribution in [0.1, 0.15) is 0 Å². The number of aliphatic hydroxyl groups is 1. The summed E-state index contributed by atoms with van der Waals surface area (Å²) in [7, 11) is 0.295. The highest BCUT2D eigenvalue weighted by atomic mass is 17.1. The van der Waals surface area contributed by atoms with Gasteiger partial charge in [-0.25, -0.2) is 4.89 Å². The van der Waals surface area contributed by atoms with Gasteiger partial charge in [-0.15, -0.1) is 0 Å². The molecule has 2 unspecified atom stereocenters. The van der Waals surface area contributed by atoms with Gasteiger partial charge >= 0.3 is 0 Å². The van der Waals surface area contributed by atoms with E-state index in [1.54, 1.807) is 0 Å². The second-order valence-electron chi connectivity index (χ2n) is 2.24. The largest absolute Gasteiger partial charge is 0.388 e. The van der Waals surface area contributed by atoms with E-state index in [2.05, 4.69) is 4.89 Å². The minimum Gasteiger partial charge on any atom is -0.388 e. The summed E-state index contributed by atoms with van der Waals surface area (Å²) in [5.74, 6) is 0. The Labute approximate surface area is 58.9 Å². The third-order valence-electron chi connectivity index (χ3n) is 1.58. The summed E-state index contributed by atoms with van der Waals surface area (Å²) in [6, 6.07) is -0.292. The van der Waals surface area contributed by atoms with E-state index in [1.165, 1.54) is 0 Å². The van der Waals surface area contributed by atoms with Crippen LogP contribution in [0.2, 0.25) is 0 Å². The van der Waals surface area contributed by atoms with Gasteiger partial charge in [0.1, 0.15) is 18.8 Å². The molecule has 10 heavy (non-hydrogen) atoms. The minimum atomic E-state index is -0.600. The van der Waals surface area contributed by atoms with Crippen molar-refractivity contribution >= 4 is 7.41 Å². The molecule has 1 fully saturated rings. The lowest BCUT2D eigenvalue weighted by Crippen LogP contribution is -2.60. The van der Waals surface area contributed by atoms with Crippen molar-refractivity contribution in [1.29, 1.82) is 0 Å². The van der Waals surface area contributed by atoms with Crippen molar-refractivity contribution in [3.8, 4) is 0 Å². The van der Waals surface area contributed by atoms with Gasteiger partial charge < -0.3 is 15.5 Å². The summed E-state index contributed by atoms with van der Waals surface area (Å²) in [4.78, 5) is 3.78. The first-order valence-electron chi connectivity index (χ1n) is 3.09. The van der Waals surface area contributed by atoms with E-state index in [0.29, 0.717) is 7.41 Å². The zero-order valence-electron chi connectivity index (χ0n) is 5.43. The number of hydrogen-bond donors (Lipinski definition) is 3. The van der Waals surface area contributed by atoms with Crippen LogP contribution < -0.4 is 5.64 Å². The zero-order valence-corrected chi connectivity index (χ0v) is 5.43. The molecular weight excluding hydrogens is 137 g/mol. The highest BCUT2D eigenvalue weighted by Gasteiger charge is 2.40. The Kier molecular flexibility index (Phi) is 2.64. The third kappa shape index (κ3) is 1.30. The van der Waals surface area contributed by atoms with Gasteiger partial charge in [-0.1, -0.05) is 0 Å². The fraction of sp³-hybridized carbons (Fsp3) is 1.00. The quantitative estimate of drug-likeness (QED) is 0.241. The minimum absolute atomic E-state index is 0.00231. The summed E-state index contributed by atoms with van der Waals surface area (Å²) >= 11 is 0. The van der Waals surface area contributed by atoms with E-state index in [1.807, 2.05) is 0 Å². The van der Waals surface area contributed by atoms with Gasteiger partial charge in [0.05, 0.1) is 6.00 Å². The van der Waals surface area contributed by atoms with Crippen molar-refractivity contribution < 1.29 is 20.0 Å². The van der Waals surface area contributed by atoms with Crippen molar-refractivity contribution in [2.24, 2.45) is 5.64 Å². The van der Waals surface area contributed by atoms with Crippen molar-refractivity contribution in [3.63, 3.8) is 0 Å². The molecule has 0 aromatic carbocycles.